The number of hydrogen-bond donors (Lipinski definition) is 0. The van der Waals surface area contributed by atoms with Gasteiger partial charge < -0.3 is 0 Å². The summed E-state index contributed by atoms with van der Waals surface area (Å²) in [4.78, 5) is 0. The first kappa shape index (κ1) is 17.4. The zero-order valence-corrected chi connectivity index (χ0v) is 17.1. The molecule has 0 spiro atoms. The van der Waals surface area contributed by atoms with E-state index in [0.717, 1.165) is 11.3 Å². The summed E-state index contributed by atoms with van der Waals surface area (Å²) >= 11 is 10.6. The molecule has 1 aromatic carbocycles. The first-order valence-electron chi connectivity index (χ1n) is 8.88. The van der Waals surface area contributed by atoms with Crippen molar-refractivity contribution in [1.29, 1.82) is 0 Å². The molecule has 0 bridgehead atoms. The van der Waals surface area contributed by atoms with Crippen molar-refractivity contribution in [2.75, 3.05) is 0 Å². The molecular formula is C19H29ClPPd. The number of alkyl halides is 1. The molecule has 3 heteroatoms. The van der Waals surface area contributed by atoms with Gasteiger partial charge in [-0.1, -0.05) is 0 Å². The molecule has 0 radical (unpaired) electrons. The topological polar surface area (TPSA) is 0 Å². The van der Waals surface area contributed by atoms with Crippen molar-refractivity contribution in [2.24, 2.45) is 0 Å². The van der Waals surface area contributed by atoms with Crippen molar-refractivity contribution >= 4 is 24.2 Å². The Kier molecular flexibility index (Phi) is 5.73. The van der Waals surface area contributed by atoms with E-state index in [-0.39, 0.29) is 3.59 Å². The van der Waals surface area contributed by atoms with E-state index in [4.69, 9.17) is 11.6 Å². The van der Waals surface area contributed by atoms with Gasteiger partial charge in [0, 0.05) is 0 Å². The van der Waals surface area contributed by atoms with Crippen molar-refractivity contribution in [1.82, 2.24) is 0 Å². The van der Waals surface area contributed by atoms with Crippen molar-refractivity contribution in [3.8, 4) is 0 Å². The minimum atomic E-state index is -1.75. The monoisotopic (exact) mass is 429 g/mol. The quantitative estimate of drug-likeness (QED) is 0.330. The van der Waals surface area contributed by atoms with Gasteiger partial charge in [-0.2, -0.15) is 0 Å². The summed E-state index contributed by atoms with van der Waals surface area (Å²) in [6, 6.07) is 7.28. The average molecular weight is 430 g/mol. The molecule has 3 rings (SSSR count). The molecule has 2 aliphatic carbocycles. The molecule has 2 fully saturated rings. The molecule has 1 atom stereocenters. The Balaban J connectivity index is 2.14. The van der Waals surface area contributed by atoms with Crippen LogP contribution in [-0.2, 0) is 19.2 Å². The molecule has 0 aromatic heterocycles. The molecule has 0 amide bonds. The van der Waals surface area contributed by atoms with Crippen LogP contribution in [0, 0.1) is 13.8 Å². The van der Waals surface area contributed by atoms with Crippen LogP contribution in [0.3, 0.4) is 0 Å². The van der Waals surface area contributed by atoms with Crippen LogP contribution in [0.4, 0.5) is 0 Å². The second kappa shape index (κ2) is 7.23. The predicted molar refractivity (Wildman–Crippen MR) is 98.0 cm³/mol. The Morgan fingerprint density at radius 2 is 1.32 bits per heavy atom. The van der Waals surface area contributed by atoms with Gasteiger partial charge in [0.25, 0.3) is 0 Å². The van der Waals surface area contributed by atoms with Crippen LogP contribution >= 0.6 is 18.9 Å². The van der Waals surface area contributed by atoms with Crippen molar-refractivity contribution in [3.05, 3.63) is 29.3 Å². The fourth-order valence-corrected chi connectivity index (χ4v) is 15.9. The van der Waals surface area contributed by atoms with E-state index in [9.17, 15) is 0 Å². The van der Waals surface area contributed by atoms with Gasteiger partial charge in [-0.25, -0.2) is 0 Å². The molecule has 0 aliphatic heterocycles. The first-order chi connectivity index (χ1) is 10.5. The number of rotatable bonds is 4. The van der Waals surface area contributed by atoms with Gasteiger partial charge in [-0.15, -0.1) is 0 Å². The van der Waals surface area contributed by atoms with Crippen molar-refractivity contribution in [3.63, 3.8) is 0 Å². The van der Waals surface area contributed by atoms with Crippen LogP contribution in [0.1, 0.15) is 62.5 Å². The minimum absolute atomic E-state index is 0.211. The number of hydrogen-bond acceptors (Lipinski definition) is 0. The maximum atomic E-state index is 6.99. The summed E-state index contributed by atoms with van der Waals surface area (Å²) < 4.78 is 0.211. The van der Waals surface area contributed by atoms with E-state index in [0.29, 0.717) is 0 Å². The second-order valence-corrected chi connectivity index (χ2v) is 15.2. The van der Waals surface area contributed by atoms with E-state index in [1.165, 1.54) is 62.5 Å². The Hall–Kier alpha value is 0.602. The van der Waals surface area contributed by atoms with Gasteiger partial charge >= 0.3 is 153 Å². The summed E-state index contributed by atoms with van der Waals surface area (Å²) in [7, 11) is -1.75. The van der Waals surface area contributed by atoms with Crippen LogP contribution in [-0.4, -0.2) is 14.9 Å². The molecule has 0 N–H and O–H groups in total. The van der Waals surface area contributed by atoms with Gasteiger partial charge in [-0.3, -0.25) is 0 Å². The molecule has 2 saturated carbocycles. The first-order valence-corrected chi connectivity index (χ1v) is 12.4. The van der Waals surface area contributed by atoms with E-state index < -0.39 is 7.26 Å². The van der Waals surface area contributed by atoms with Gasteiger partial charge in [0.1, 0.15) is 0 Å². The average Bonchev–Trinajstić information content (AvgIpc) is 3.11. The zero-order valence-electron chi connectivity index (χ0n) is 13.8. The van der Waals surface area contributed by atoms with Crippen molar-refractivity contribution < 1.29 is 19.2 Å². The summed E-state index contributed by atoms with van der Waals surface area (Å²) in [5, 5.41) is 1.65. The van der Waals surface area contributed by atoms with Gasteiger partial charge in [0.2, 0.25) is 0 Å². The van der Waals surface area contributed by atoms with Crippen LogP contribution in [0.2, 0.25) is 0 Å². The third-order valence-corrected chi connectivity index (χ3v) is 15.2. The molecule has 2 aliphatic rings. The molecule has 0 saturated heterocycles. The third kappa shape index (κ3) is 3.09. The molecule has 1 aromatic rings. The number of aryl methyl sites for hydroxylation is 2. The van der Waals surface area contributed by atoms with Crippen LogP contribution in [0.25, 0.3) is 0 Å². The Morgan fingerprint density at radius 3 is 1.68 bits per heavy atom. The van der Waals surface area contributed by atoms with Gasteiger partial charge in [-0.05, 0) is 0 Å². The van der Waals surface area contributed by atoms with E-state index in [2.05, 4.69) is 51.2 Å². The Labute approximate surface area is 152 Å². The maximum absolute atomic E-state index is 6.99. The summed E-state index contributed by atoms with van der Waals surface area (Å²) in [6.45, 7) is 4.50. The van der Waals surface area contributed by atoms with Gasteiger partial charge in [0.05, 0.1) is 0 Å². The van der Waals surface area contributed by atoms with Crippen molar-refractivity contribution in [2.45, 2.75) is 80.1 Å². The summed E-state index contributed by atoms with van der Waals surface area (Å²) in [5.41, 5.74) is 4.59. The molecule has 22 heavy (non-hydrogen) atoms. The predicted octanol–water partition coefficient (Wildman–Crippen LogP) is 5.63. The molecule has 0 nitrogen and oxygen atoms in total. The SMILES string of the molecule is Cc1cc(C)cc([PH]([CH](Cl)[Pd])(C2CCCC2)C2CCCC2)c1. The summed E-state index contributed by atoms with van der Waals surface area (Å²) in [5.74, 6) is 0. The third-order valence-electron chi connectivity index (χ3n) is 6.11. The number of benzene rings is 1. The Bertz CT molecular complexity index is 480. The normalized spacial score (nSPS) is 23.1. The molecule has 0 heterocycles. The fourth-order valence-electron chi connectivity index (χ4n) is 5.28. The fraction of sp³-hybridized carbons (Fsp3) is 0.684. The number of halogens is 1. The van der Waals surface area contributed by atoms with Crippen LogP contribution in [0.15, 0.2) is 18.2 Å². The van der Waals surface area contributed by atoms with Crippen LogP contribution in [0.5, 0.6) is 0 Å². The zero-order chi connectivity index (χ0) is 15.7. The second-order valence-electron chi connectivity index (χ2n) is 7.54. The molecular weight excluding hydrogens is 401 g/mol. The summed E-state index contributed by atoms with van der Waals surface area (Å²) in [6.07, 6.45) is 11.3. The van der Waals surface area contributed by atoms with Crippen LogP contribution < -0.4 is 5.30 Å². The standard InChI is InChI=1S/C19H29ClP.Pd/c1-15-11-16(2)13-19(12-15)21(14-20,17-7-3-4-8-17)18-9-5-6-10-18;/h11-14,17-18,21H,3-10H2,1-2H3;. The van der Waals surface area contributed by atoms with E-state index in [1.807, 2.05) is 0 Å². The molecule has 127 valence electrons. The molecule has 1 unspecified atom stereocenters. The Morgan fingerprint density at radius 1 is 0.909 bits per heavy atom. The van der Waals surface area contributed by atoms with E-state index in [1.54, 1.807) is 5.30 Å². The van der Waals surface area contributed by atoms with E-state index >= 15 is 0 Å². The van der Waals surface area contributed by atoms with Gasteiger partial charge in [0.15, 0.2) is 0 Å².